The summed E-state index contributed by atoms with van der Waals surface area (Å²) in [5.74, 6) is -0.336. The van der Waals surface area contributed by atoms with Crippen molar-refractivity contribution in [2.75, 3.05) is 33.0 Å². The number of carbonyl (C=O) groups excluding carboxylic acids is 1. The number of ether oxygens (including phenoxy) is 2. The molecule has 0 saturated carbocycles. The molecule has 0 fully saturated rings. The second-order valence-electron chi connectivity index (χ2n) is 16.3. The van der Waals surface area contributed by atoms with E-state index >= 15 is 0 Å². The minimum Gasteiger partial charge on any atom is -0.457 e. The molecule has 0 bridgehead atoms. The SMILES string of the molecule is CC/C=C\C/C=C\C/C=C\C/C=C\CCCCCCCCCCCCC(=O)OC(COCCCCCCCCCC/C=C\CCCCCCCC)COP(=O)(O)OCCN. The molecular formula is C51H94NO7P. The average Bonchev–Trinajstić information content (AvgIpc) is 3.24. The Morgan fingerprint density at radius 3 is 1.42 bits per heavy atom. The molecule has 0 aromatic heterocycles. The molecule has 60 heavy (non-hydrogen) atoms. The van der Waals surface area contributed by atoms with E-state index in [0.29, 0.717) is 13.0 Å². The molecule has 0 aromatic rings. The van der Waals surface area contributed by atoms with Crippen molar-refractivity contribution < 1.29 is 32.8 Å². The maximum atomic E-state index is 12.6. The van der Waals surface area contributed by atoms with E-state index in [1.54, 1.807) is 0 Å². The summed E-state index contributed by atoms with van der Waals surface area (Å²) in [6.45, 7) is 4.81. The molecule has 0 aliphatic heterocycles. The van der Waals surface area contributed by atoms with Crippen LogP contribution in [0.2, 0.25) is 0 Å². The van der Waals surface area contributed by atoms with Crippen molar-refractivity contribution in [3.63, 3.8) is 0 Å². The van der Waals surface area contributed by atoms with Crippen LogP contribution < -0.4 is 5.73 Å². The van der Waals surface area contributed by atoms with Crippen molar-refractivity contribution in [1.82, 2.24) is 0 Å². The number of unbranched alkanes of at least 4 members (excludes halogenated alkanes) is 24. The fourth-order valence-electron chi connectivity index (χ4n) is 6.81. The number of phosphoric acid groups is 1. The Kier molecular flexibility index (Phi) is 46.8. The molecule has 0 spiro atoms. The molecule has 9 heteroatoms. The summed E-state index contributed by atoms with van der Waals surface area (Å²) in [5, 5.41) is 0. The zero-order chi connectivity index (χ0) is 43.7. The standard InChI is InChI=1S/C51H94NO7P/c1-3-5-7-9-11-13-15-17-19-21-23-24-25-26-27-28-30-32-34-36-38-40-42-44-51(53)59-50(49-58-60(54,55)57-47-45-52)48-56-46-43-41-39-37-35-33-31-29-22-20-18-16-14-12-10-8-6-4-2/h5,7,11,13,17-20,23-24,50H,3-4,6,8-10,12,14-16,21-22,25-49,52H2,1-2H3,(H,54,55)/b7-5-,13-11-,19-17-,20-18-,24-23-. The van der Waals surface area contributed by atoms with Crippen LogP contribution in [-0.4, -0.2) is 49.9 Å². The highest BCUT2D eigenvalue weighted by Gasteiger charge is 2.25. The molecule has 2 unspecified atom stereocenters. The van der Waals surface area contributed by atoms with E-state index in [9.17, 15) is 14.3 Å². The van der Waals surface area contributed by atoms with Gasteiger partial charge in [0.2, 0.25) is 0 Å². The van der Waals surface area contributed by atoms with Crippen LogP contribution in [0.1, 0.15) is 219 Å². The highest BCUT2D eigenvalue weighted by Crippen LogP contribution is 2.43. The van der Waals surface area contributed by atoms with Crippen LogP contribution in [0.5, 0.6) is 0 Å². The van der Waals surface area contributed by atoms with E-state index in [0.717, 1.165) is 57.8 Å². The first kappa shape index (κ1) is 58.2. The van der Waals surface area contributed by atoms with Crippen LogP contribution >= 0.6 is 7.82 Å². The Morgan fingerprint density at radius 2 is 0.933 bits per heavy atom. The van der Waals surface area contributed by atoms with E-state index < -0.39 is 13.9 Å². The molecule has 0 rings (SSSR count). The van der Waals surface area contributed by atoms with Crippen LogP contribution in [0.3, 0.4) is 0 Å². The molecule has 350 valence electrons. The number of hydrogen-bond donors (Lipinski definition) is 2. The first-order valence-corrected chi connectivity index (χ1v) is 26.3. The van der Waals surface area contributed by atoms with Crippen LogP contribution in [0.25, 0.3) is 0 Å². The Balaban J connectivity index is 3.97. The lowest BCUT2D eigenvalue weighted by Crippen LogP contribution is -2.28. The number of rotatable bonds is 47. The highest BCUT2D eigenvalue weighted by molar-refractivity contribution is 7.47. The third kappa shape index (κ3) is 47.3. The zero-order valence-electron chi connectivity index (χ0n) is 38.9. The van der Waals surface area contributed by atoms with E-state index in [4.69, 9.17) is 24.3 Å². The second-order valence-corrected chi connectivity index (χ2v) is 17.7. The molecule has 0 saturated heterocycles. The predicted octanol–water partition coefficient (Wildman–Crippen LogP) is 15.3. The molecule has 0 aliphatic rings. The topological polar surface area (TPSA) is 117 Å². The minimum absolute atomic E-state index is 0.0974. The molecule has 0 radical (unpaired) electrons. The van der Waals surface area contributed by atoms with Crippen molar-refractivity contribution in [3.8, 4) is 0 Å². The van der Waals surface area contributed by atoms with Crippen molar-refractivity contribution >= 4 is 13.8 Å². The Labute approximate surface area is 370 Å². The monoisotopic (exact) mass is 864 g/mol. The number of hydrogen-bond acceptors (Lipinski definition) is 7. The number of phosphoric ester groups is 1. The van der Waals surface area contributed by atoms with Crippen LogP contribution in [0.15, 0.2) is 60.8 Å². The fourth-order valence-corrected chi connectivity index (χ4v) is 7.57. The first-order valence-electron chi connectivity index (χ1n) is 24.8. The smallest absolute Gasteiger partial charge is 0.457 e. The summed E-state index contributed by atoms with van der Waals surface area (Å²) in [5.41, 5.74) is 5.39. The van der Waals surface area contributed by atoms with Gasteiger partial charge in [0.1, 0.15) is 6.10 Å². The lowest BCUT2D eigenvalue weighted by molar-refractivity contribution is -0.154. The summed E-state index contributed by atoms with van der Waals surface area (Å²) in [7, 11) is -4.29. The highest BCUT2D eigenvalue weighted by atomic mass is 31.2. The van der Waals surface area contributed by atoms with Gasteiger partial charge in [-0.3, -0.25) is 13.8 Å². The summed E-state index contributed by atoms with van der Waals surface area (Å²) in [6, 6.07) is 0. The van der Waals surface area contributed by atoms with Crippen molar-refractivity contribution in [2.24, 2.45) is 5.73 Å². The first-order chi connectivity index (χ1) is 29.4. The van der Waals surface area contributed by atoms with Crippen LogP contribution in [-0.2, 0) is 27.9 Å². The lowest BCUT2D eigenvalue weighted by atomic mass is 10.0. The van der Waals surface area contributed by atoms with E-state index in [1.165, 1.54) is 141 Å². The fraction of sp³-hybridized carbons (Fsp3) is 0.784. The maximum Gasteiger partial charge on any atom is 0.472 e. The molecular weight excluding hydrogens is 770 g/mol. The molecule has 0 aromatic carbocycles. The number of allylic oxidation sites excluding steroid dienone is 10. The second kappa shape index (κ2) is 48.2. The molecule has 8 nitrogen and oxygen atoms in total. The summed E-state index contributed by atoms with van der Waals surface area (Å²) >= 11 is 0. The maximum absolute atomic E-state index is 12.6. The Morgan fingerprint density at radius 1 is 0.517 bits per heavy atom. The molecule has 2 atom stereocenters. The third-order valence-electron chi connectivity index (χ3n) is 10.4. The van der Waals surface area contributed by atoms with Gasteiger partial charge in [-0.1, -0.05) is 197 Å². The van der Waals surface area contributed by atoms with Gasteiger partial charge < -0.3 is 20.1 Å². The van der Waals surface area contributed by atoms with Crippen molar-refractivity contribution in [1.29, 1.82) is 0 Å². The zero-order valence-corrected chi connectivity index (χ0v) is 39.8. The Bertz CT molecular complexity index is 1110. The van der Waals surface area contributed by atoms with E-state index in [2.05, 4.69) is 74.6 Å². The number of carbonyl (C=O) groups is 1. The molecule has 0 heterocycles. The lowest BCUT2D eigenvalue weighted by Gasteiger charge is -2.20. The van der Waals surface area contributed by atoms with Gasteiger partial charge in [-0.15, -0.1) is 0 Å². The molecule has 0 aliphatic carbocycles. The summed E-state index contributed by atoms with van der Waals surface area (Å²) < 4.78 is 33.6. The normalized spacial score (nSPS) is 13.9. The van der Waals surface area contributed by atoms with Crippen molar-refractivity contribution in [2.45, 2.75) is 225 Å². The van der Waals surface area contributed by atoms with Crippen LogP contribution in [0, 0.1) is 0 Å². The number of esters is 1. The molecule has 3 N–H and O–H groups in total. The van der Waals surface area contributed by atoms with Gasteiger partial charge >= 0.3 is 13.8 Å². The molecule has 0 amide bonds. The Hall–Kier alpha value is -1.80. The predicted molar refractivity (Wildman–Crippen MR) is 256 cm³/mol. The summed E-state index contributed by atoms with van der Waals surface area (Å²) in [4.78, 5) is 22.6. The van der Waals surface area contributed by atoms with Gasteiger partial charge in [-0.25, -0.2) is 4.57 Å². The van der Waals surface area contributed by atoms with Gasteiger partial charge in [-0.05, 0) is 77.0 Å². The van der Waals surface area contributed by atoms with Crippen LogP contribution in [0.4, 0.5) is 0 Å². The van der Waals surface area contributed by atoms with Gasteiger partial charge in [0.15, 0.2) is 0 Å². The van der Waals surface area contributed by atoms with Gasteiger partial charge in [0.05, 0.1) is 19.8 Å². The van der Waals surface area contributed by atoms with Gasteiger partial charge in [0.25, 0.3) is 0 Å². The average molecular weight is 864 g/mol. The van der Waals surface area contributed by atoms with E-state index in [1.807, 2.05) is 0 Å². The quantitative estimate of drug-likeness (QED) is 0.0269. The van der Waals surface area contributed by atoms with E-state index in [-0.39, 0.29) is 32.3 Å². The third-order valence-corrected chi connectivity index (χ3v) is 11.4. The van der Waals surface area contributed by atoms with Gasteiger partial charge in [-0.2, -0.15) is 0 Å². The van der Waals surface area contributed by atoms with Gasteiger partial charge in [0, 0.05) is 19.6 Å². The minimum atomic E-state index is -4.29. The van der Waals surface area contributed by atoms with Crippen molar-refractivity contribution in [3.05, 3.63) is 60.8 Å². The summed E-state index contributed by atoms with van der Waals surface area (Å²) in [6.07, 6.45) is 59.6. The largest absolute Gasteiger partial charge is 0.472 e. The number of nitrogens with two attached hydrogens (primary N) is 1.